The summed E-state index contributed by atoms with van der Waals surface area (Å²) >= 11 is 0. The lowest BCUT2D eigenvalue weighted by Gasteiger charge is -2.34. The number of carbonyl (C=O) groups is 1. The van der Waals surface area contributed by atoms with Crippen LogP contribution in [0.15, 0.2) is 18.2 Å². The van der Waals surface area contributed by atoms with Crippen LogP contribution in [0.1, 0.15) is 49.7 Å². The van der Waals surface area contributed by atoms with Crippen LogP contribution in [0, 0.1) is 13.8 Å². The molecule has 138 valence electrons. The van der Waals surface area contributed by atoms with Gasteiger partial charge in [-0.25, -0.2) is 0 Å². The van der Waals surface area contributed by atoms with Crippen molar-refractivity contribution in [2.24, 2.45) is 0 Å². The van der Waals surface area contributed by atoms with E-state index in [2.05, 4.69) is 47.2 Å². The van der Waals surface area contributed by atoms with Gasteiger partial charge in [-0.15, -0.1) is 0 Å². The molecule has 1 amide bonds. The fraction of sp³-hybridized carbons (Fsp3) is 0.667. The zero-order valence-corrected chi connectivity index (χ0v) is 15.9. The Labute approximate surface area is 152 Å². The van der Waals surface area contributed by atoms with E-state index in [-0.39, 0.29) is 0 Å². The largest absolute Gasteiger partial charge is 0.381 e. The SMILES string of the molecule is Cc1ccc(NC2CCCN(C(=O)CCN3CCCCC3)C2)cc1C. The molecule has 4 heteroatoms. The summed E-state index contributed by atoms with van der Waals surface area (Å²) in [6.07, 6.45) is 6.85. The summed E-state index contributed by atoms with van der Waals surface area (Å²) in [6.45, 7) is 9.33. The molecule has 0 radical (unpaired) electrons. The van der Waals surface area contributed by atoms with Crippen molar-refractivity contribution >= 4 is 11.6 Å². The zero-order chi connectivity index (χ0) is 17.6. The minimum absolute atomic E-state index is 0.331. The summed E-state index contributed by atoms with van der Waals surface area (Å²) in [4.78, 5) is 17.1. The molecule has 25 heavy (non-hydrogen) atoms. The summed E-state index contributed by atoms with van der Waals surface area (Å²) in [7, 11) is 0. The summed E-state index contributed by atoms with van der Waals surface area (Å²) in [5.74, 6) is 0.331. The van der Waals surface area contributed by atoms with Crippen molar-refractivity contribution < 1.29 is 4.79 Å². The third-order valence-electron chi connectivity index (χ3n) is 5.74. The lowest BCUT2D eigenvalue weighted by atomic mass is 10.0. The van der Waals surface area contributed by atoms with Crippen molar-refractivity contribution in [1.29, 1.82) is 0 Å². The minimum atomic E-state index is 0.331. The maximum absolute atomic E-state index is 12.6. The van der Waals surface area contributed by atoms with Crippen molar-refractivity contribution in [3.63, 3.8) is 0 Å². The Bertz CT molecular complexity index is 581. The Morgan fingerprint density at radius 1 is 1.08 bits per heavy atom. The van der Waals surface area contributed by atoms with E-state index >= 15 is 0 Å². The average molecular weight is 344 g/mol. The molecule has 4 nitrogen and oxygen atoms in total. The molecule has 1 atom stereocenters. The lowest BCUT2D eigenvalue weighted by Crippen LogP contribution is -2.46. The van der Waals surface area contributed by atoms with E-state index in [9.17, 15) is 4.79 Å². The van der Waals surface area contributed by atoms with Crippen LogP contribution < -0.4 is 5.32 Å². The highest BCUT2D eigenvalue weighted by Gasteiger charge is 2.24. The number of hydrogen-bond acceptors (Lipinski definition) is 3. The first-order valence-electron chi connectivity index (χ1n) is 9.96. The number of rotatable bonds is 5. The molecule has 2 aliphatic rings. The molecule has 0 aromatic heterocycles. The number of piperidine rings is 2. The molecule has 2 saturated heterocycles. The summed E-state index contributed by atoms with van der Waals surface area (Å²) in [5.41, 5.74) is 3.81. The monoisotopic (exact) mass is 343 g/mol. The molecule has 2 aliphatic heterocycles. The number of nitrogens with zero attached hydrogens (tertiary/aromatic N) is 2. The van der Waals surface area contributed by atoms with Crippen LogP contribution >= 0.6 is 0 Å². The topological polar surface area (TPSA) is 35.6 Å². The molecular formula is C21H33N3O. The predicted molar refractivity (Wildman–Crippen MR) is 104 cm³/mol. The molecule has 2 fully saturated rings. The first-order valence-corrected chi connectivity index (χ1v) is 9.96. The highest BCUT2D eigenvalue weighted by Crippen LogP contribution is 2.19. The summed E-state index contributed by atoms with van der Waals surface area (Å²) < 4.78 is 0. The van der Waals surface area contributed by atoms with E-state index in [4.69, 9.17) is 0 Å². The Balaban J connectivity index is 1.48. The van der Waals surface area contributed by atoms with Gasteiger partial charge in [0.25, 0.3) is 0 Å². The fourth-order valence-corrected chi connectivity index (χ4v) is 3.98. The normalized spacial score (nSPS) is 22.0. The third kappa shape index (κ3) is 5.21. The number of benzene rings is 1. The van der Waals surface area contributed by atoms with Gasteiger partial charge >= 0.3 is 0 Å². The van der Waals surface area contributed by atoms with E-state index in [0.717, 1.165) is 32.5 Å². The number of aryl methyl sites for hydroxylation is 2. The summed E-state index contributed by atoms with van der Waals surface area (Å²) in [5, 5.41) is 3.63. The van der Waals surface area contributed by atoms with Crippen LogP contribution in [0.5, 0.6) is 0 Å². The number of anilines is 1. The van der Waals surface area contributed by atoms with Crippen molar-refractivity contribution in [3.8, 4) is 0 Å². The zero-order valence-electron chi connectivity index (χ0n) is 15.9. The molecule has 0 bridgehead atoms. The van der Waals surface area contributed by atoms with Crippen molar-refractivity contribution in [3.05, 3.63) is 29.3 Å². The standard InChI is InChI=1S/C21H33N3O/c1-17-8-9-19(15-18(17)2)22-20-7-6-13-24(16-20)21(25)10-14-23-11-4-3-5-12-23/h8-9,15,20,22H,3-7,10-14,16H2,1-2H3. The van der Waals surface area contributed by atoms with Crippen LogP contribution in [0.2, 0.25) is 0 Å². The number of nitrogens with one attached hydrogen (secondary N) is 1. The van der Waals surface area contributed by atoms with Crippen LogP contribution in [0.25, 0.3) is 0 Å². The Morgan fingerprint density at radius 3 is 2.64 bits per heavy atom. The van der Waals surface area contributed by atoms with Gasteiger partial charge in [0.05, 0.1) is 0 Å². The quantitative estimate of drug-likeness (QED) is 0.887. The molecule has 2 heterocycles. The first-order chi connectivity index (χ1) is 12.1. The van der Waals surface area contributed by atoms with Crippen molar-refractivity contribution in [1.82, 2.24) is 9.80 Å². The fourth-order valence-electron chi connectivity index (χ4n) is 3.98. The van der Waals surface area contributed by atoms with Gasteiger partial charge in [0.1, 0.15) is 0 Å². The van der Waals surface area contributed by atoms with Gasteiger partial charge in [-0.3, -0.25) is 4.79 Å². The minimum Gasteiger partial charge on any atom is -0.381 e. The van der Waals surface area contributed by atoms with E-state index in [0.29, 0.717) is 18.4 Å². The molecule has 3 rings (SSSR count). The lowest BCUT2D eigenvalue weighted by molar-refractivity contribution is -0.132. The van der Waals surface area contributed by atoms with Crippen LogP contribution in [0.4, 0.5) is 5.69 Å². The Hall–Kier alpha value is -1.55. The highest BCUT2D eigenvalue weighted by atomic mass is 16.2. The van der Waals surface area contributed by atoms with E-state index in [1.54, 1.807) is 0 Å². The molecule has 1 aromatic carbocycles. The predicted octanol–water partition coefficient (Wildman–Crippen LogP) is 3.58. The number of amides is 1. The second-order valence-corrected chi connectivity index (χ2v) is 7.77. The van der Waals surface area contributed by atoms with E-state index < -0.39 is 0 Å². The number of likely N-dealkylation sites (tertiary alicyclic amines) is 2. The second kappa shape index (κ2) is 8.70. The maximum Gasteiger partial charge on any atom is 0.223 e. The van der Waals surface area contributed by atoms with Crippen molar-refractivity contribution in [2.75, 3.05) is 38.0 Å². The number of hydrogen-bond donors (Lipinski definition) is 1. The van der Waals surface area contributed by atoms with Crippen molar-refractivity contribution in [2.45, 2.75) is 58.4 Å². The van der Waals surface area contributed by atoms with Crippen LogP contribution in [-0.2, 0) is 4.79 Å². The van der Waals surface area contributed by atoms with Gasteiger partial charge in [0.2, 0.25) is 5.91 Å². The molecule has 1 N–H and O–H groups in total. The van der Waals surface area contributed by atoms with Crippen LogP contribution in [-0.4, -0.2) is 54.5 Å². The average Bonchev–Trinajstić information content (AvgIpc) is 2.64. The second-order valence-electron chi connectivity index (χ2n) is 7.77. The molecule has 1 unspecified atom stereocenters. The molecule has 0 saturated carbocycles. The van der Waals surface area contributed by atoms with Gasteiger partial charge in [-0.1, -0.05) is 12.5 Å². The van der Waals surface area contributed by atoms with Gasteiger partial charge in [-0.05, 0) is 75.9 Å². The molecule has 0 spiro atoms. The van der Waals surface area contributed by atoms with Crippen LogP contribution in [0.3, 0.4) is 0 Å². The Kier molecular flexibility index (Phi) is 6.35. The Morgan fingerprint density at radius 2 is 1.88 bits per heavy atom. The molecule has 1 aromatic rings. The first kappa shape index (κ1) is 18.2. The maximum atomic E-state index is 12.6. The summed E-state index contributed by atoms with van der Waals surface area (Å²) in [6, 6.07) is 6.91. The van der Waals surface area contributed by atoms with Gasteiger partial charge < -0.3 is 15.1 Å². The highest BCUT2D eigenvalue weighted by molar-refractivity contribution is 5.76. The van der Waals surface area contributed by atoms with Gasteiger partial charge in [0.15, 0.2) is 0 Å². The number of carbonyl (C=O) groups excluding carboxylic acids is 1. The molecule has 0 aliphatic carbocycles. The van der Waals surface area contributed by atoms with Gasteiger partial charge in [0, 0.05) is 37.8 Å². The smallest absolute Gasteiger partial charge is 0.223 e. The van der Waals surface area contributed by atoms with Gasteiger partial charge in [-0.2, -0.15) is 0 Å². The molecular weight excluding hydrogens is 310 g/mol. The van der Waals surface area contributed by atoms with E-state index in [1.807, 2.05) is 0 Å². The third-order valence-corrected chi connectivity index (χ3v) is 5.74. The van der Waals surface area contributed by atoms with E-state index in [1.165, 1.54) is 49.2 Å².